The molecule has 2 fully saturated rings. The van der Waals surface area contributed by atoms with Crippen LogP contribution in [-0.4, -0.2) is 30.3 Å². The normalized spacial score (nSPS) is 50.7. The Hall–Kier alpha value is -0.120. The Morgan fingerprint density at radius 1 is 1.18 bits per heavy atom. The van der Waals surface area contributed by atoms with Gasteiger partial charge in [-0.05, 0) is 37.8 Å². The number of aliphatic hydroxyl groups is 1. The molecule has 4 N–H and O–H groups in total. The molecular formula is C8H16N2O. The highest BCUT2D eigenvalue weighted by atomic mass is 16.3. The SMILES string of the molecule is N[C@H]1C[C@H]2CNC[C@H]2C[C@@H]1O. The summed E-state index contributed by atoms with van der Waals surface area (Å²) in [6.07, 6.45) is 1.65. The van der Waals surface area contributed by atoms with Gasteiger partial charge in [0.05, 0.1) is 6.10 Å². The number of fused-ring (bicyclic) bond motifs is 1. The fourth-order valence-electron chi connectivity index (χ4n) is 2.33. The van der Waals surface area contributed by atoms with Gasteiger partial charge < -0.3 is 16.2 Å². The highest BCUT2D eigenvalue weighted by molar-refractivity contribution is 4.92. The Bertz CT molecular complexity index is 135. The standard InChI is InChI=1S/C8H16N2O/c9-7-1-5-3-10-4-6(5)2-8(7)11/h5-8,10-11H,1-4,9H2/t5-,6+,7-,8-/m0/s1. The van der Waals surface area contributed by atoms with E-state index in [1.165, 1.54) is 0 Å². The van der Waals surface area contributed by atoms with Crippen LogP contribution in [0.5, 0.6) is 0 Å². The van der Waals surface area contributed by atoms with E-state index in [1.807, 2.05) is 0 Å². The van der Waals surface area contributed by atoms with E-state index in [2.05, 4.69) is 5.32 Å². The zero-order valence-corrected chi connectivity index (χ0v) is 6.66. The van der Waals surface area contributed by atoms with E-state index >= 15 is 0 Å². The third kappa shape index (κ3) is 1.28. The Balaban J connectivity index is 2.00. The average molecular weight is 156 g/mol. The monoisotopic (exact) mass is 156 g/mol. The maximum atomic E-state index is 9.47. The van der Waals surface area contributed by atoms with Crippen molar-refractivity contribution in [3.8, 4) is 0 Å². The molecule has 0 aromatic heterocycles. The van der Waals surface area contributed by atoms with Crippen LogP contribution >= 0.6 is 0 Å². The van der Waals surface area contributed by atoms with Crippen LogP contribution < -0.4 is 11.1 Å². The quantitative estimate of drug-likeness (QED) is 0.435. The number of nitrogens with two attached hydrogens (primary N) is 1. The molecule has 1 saturated heterocycles. The van der Waals surface area contributed by atoms with E-state index in [-0.39, 0.29) is 12.1 Å². The molecule has 64 valence electrons. The lowest BCUT2D eigenvalue weighted by Crippen LogP contribution is -2.43. The molecule has 0 amide bonds. The minimum atomic E-state index is -0.254. The van der Waals surface area contributed by atoms with E-state index in [9.17, 15) is 5.11 Å². The van der Waals surface area contributed by atoms with Gasteiger partial charge in [-0.15, -0.1) is 0 Å². The van der Waals surface area contributed by atoms with Gasteiger partial charge in [0.1, 0.15) is 0 Å². The summed E-state index contributed by atoms with van der Waals surface area (Å²) in [5.74, 6) is 1.41. The summed E-state index contributed by atoms with van der Waals surface area (Å²) in [5.41, 5.74) is 5.76. The summed E-state index contributed by atoms with van der Waals surface area (Å²) in [6.45, 7) is 2.18. The molecule has 1 aliphatic carbocycles. The molecule has 2 rings (SSSR count). The van der Waals surface area contributed by atoms with Gasteiger partial charge in [-0.3, -0.25) is 0 Å². The van der Waals surface area contributed by atoms with Crippen molar-refractivity contribution in [3.63, 3.8) is 0 Å². The smallest absolute Gasteiger partial charge is 0.0694 e. The number of rotatable bonds is 0. The summed E-state index contributed by atoms with van der Waals surface area (Å²) in [7, 11) is 0. The van der Waals surface area contributed by atoms with Crippen LogP contribution in [0.1, 0.15) is 12.8 Å². The predicted molar refractivity (Wildman–Crippen MR) is 43.1 cm³/mol. The number of hydrogen-bond donors (Lipinski definition) is 3. The molecule has 3 nitrogen and oxygen atoms in total. The molecule has 1 aliphatic heterocycles. The van der Waals surface area contributed by atoms with Crippen molar-refractivity contribution >= 4 is 0 Å². The second-order valence-electron chi connectivity index (χ2n) is 3.88. The first-order valence-corrected chi connectivity index (χ1v) is 4.41. The molecule has 0 bridgehead atoms. The van der Waals surface area contributed by atoms with Gasteiger partial charge >= 0.3 is 0 Å². The summed E-state index contributed by atoms with van der Waals surface area (Å²) in [5, 5.41) is 12.8. The van der Waals surface area contributed by atoms with Crippen LogP contribution in [0.15, 0.2) is 0 Å². The lowest BCUT2D eigenvalue weighted by atomic mass is 9.78. The molecule has 2 aliphatic rings. The Labute approximate surface area is 67.0 Å². The molecule has 0 aromatic carbocycles. The second kappa shape index (κ2) is 2.73. The van der Waals surface area contributed by atoms with Crippen LogP contribution in [0.4, 0.5) is 0 Å². The lowest BCUT2D eigenvalue weighted by Gasteiger charge is -2.32. The van der Waals surface area contributed by atoms with Gasteiger partial charge in [0.2, 0.25) is 0 Å². The molecule has 4 atom stereocenters. The summed E-state index contributed by atoms with van der Waals surface area (Å²) in [6, 6.07) is 0.0242. The van der Waals surface area contributed by atoms with Crippen molar-refractivity contribution in [2.75, 3.05) is 13.1 Å². The predicted octanol–water partition coefficient (Wildman–Crippen LogP) is -0.696. The Kier molecular flexibility index (Phi) is 1.87. The van der Waals surface area contributed by atoms with Crippen LogP contribution in [-0.2, 0) is 0 Å². The highest BCUT2D eigenvalue weighted by Gasteiger charge is 2.36. The number of aliphatic hydroxyl groups excluding tert-OH is 1. The third-order valence-electron chi connectivity index (χ3n) is 3.09. The van der Waals surface area contributed by atoms with Crippen LogP contribution in [0.2, 0.25) is 0 Å². The van der Waals surface area contributed by atoms with Crippen molar-refractivity contribution in [1.82, 2.24) is 5.32 Å². The highest BCUT2D eigenvalue weighted by Crippen LogP contribution is 2.31. The van der Waals surface area contributed by atoms with E-state index in [4.69, 9.17) is 5.73 Å². The van der Waals surface area contributed by atoms with Gasteiger partial charge in [-0.2, -0.15) is 0 Å². The van der Waals surface area contributed by atoms with Crippen molar-refractivity contribution in [2.24, 2.45) is 17.6 Å². The fourth-order valence-corrected chi connectivity index (χ4v) is 2.33. The van der Waals surface area contributed by atoms with Crippen molar-refractivity contribution in [2.45, 2.75) is 25.0 Å². The molecule has 1 saturated carbocycles. The fraction of sp³-hybridized carbons (Fsp3) is 1.00. The van der Waals surface area contributed by atoms with Gasteiger partial charge in [-0.1, -0.05) is 0 Å². The van der Waals surface area contributed by atoms with Gasteiger partial charge in [0, 0.05) is 6.04 Å². The summed E-state index contributed by atoms with van der Waals surface area (Å²) < 4.78 is 0. The zero-order valence-electron chi connectivity index (χ0n) is 6.66. The minimum Gasteiger partial charge on any atom is -0.392 e. The lowest BCUT2D eigenvalue weighted by molar-refractivity contribution is 0.0664. The first-order chi connectivity index (χ1) is 5.27. The van der Waals surface area contributed by atoms with E-state index in [1.54, 1.807) is 0 Å². The van der Waals surface area contributed by atoms with E-state index in [0.717, 1.165) is 31.8 Å². The van der Waals surface area contributed by atoms with Gasteiger partial charge in [0.15, 0.2) is 0 Å². The van der Waals surface area contributed by atoms with Crippen LogP contribution in [0, 0.1) is 11.8 Å². The second-order valence-corrected chi connectivity index (χ2v) is 3.88. The minimum absolute atomic E-state index is 0.0242. The van der Waals surface area contributed by atoms with Gasteiger partial charge in [0.25, 0.3) is 0 Å². The molecule has 0 unspecified atom stereocenters. The van der Waals surface area contributed by atoms with Crippen LogP contribution in [0.25, 0.3) is 0 Å². The largest absolute Gasteiger partial charge is 0.392 e. The summed E-state index contributed by atoms with van der Waals surface area (Å²) in [4.78, 5) is 0. The zero-order chi connectivity index (χ0) is 7.84. The number of nitrogens with one attached hydrogen (secondary N) is 1. The molecule has 3 heteroatoms. The molecule has 1 heterocycles. The third-order valence-corrected chi connectivity index (χ3v) is 3.09. The topological polar surface area (TPSA) is 58.3 Å². The van der Waals surface area contributed by atoms with Crippen molar-refractivity contribution in [1.29, 1.82) is 0 Å². The average Bonchev–Trinajstić information content (AvgIpc) is 2.36. The summed E-state index contributed by atoms with van der Waals surface area (Å²) >= 11 is 0. The first-order valence-electron chi connectivity index (χ1n) is 4.41. The van der Waals surface area contributed by atoms with Crippen LogP contribution in [0.3, 0.4) is 0 Å². The Morgan fingerprint density at radius 2 is 1.82 bits per heavy atom. The van der Waals surface area contributed by atoms with Gasteiger partial charge in [-0.25, -0.2) is 0 Å². The van der Waals surface area contributed by atoms with E-state index in [0.29, 0.717) is 5.92 Å². The van der Waals surface area contributed by atoms with E-state index < -0.39 is 0 Å². The maximum Gasteiger partial charge on any atom is 0.0694 e. The maximum absolute atomic E-state index is 9.47. The first kappa shape index (κ1) is 7.53. The molecule has 11 heavy (non-hydrogen) atoms. The molecule has 0 aromatic rings. The molecule has 0 spiro atoms. The molecule has 0 radical (unpaired) electrons. The Morgan fingerprint density at radius 3 is 2.55 bits per heavy atom. The van der Waals surface area contributed by atoms with Crippen molar-refractivity contribution in [3.05, 3.63) is 0 Å². The number of hydrogen-bond acceptors (Lipinski definition) is 3. The van der Waals surface area contributed by atoms with Crippen molar-refractivity contribution < 1.29 is 5.11 Å². The molecular weight excluding hydrogens is 140 g/mol.